The summed E-state index contributed by atoms with van der Waals surface area (Å²) < 4.78 is 38.1. The van der Waals surface area contributed by atoms with Crippen molar-refractivity contribution in [2.24, 2.45) is 0 Å². The minimum absolute atomic E-state index is 0.107. The van der Waals surface area contributed by atoms with Crippen LogP contribution in [0.2, 0.25) is 0 Å². The van der Waals surface area contributed by atoms with E-state index < -0.39 is 0 Å². The Balaban J connectivity index is 0.000000166. The fourth-order valence-corrected chi connectivity index (χ4v) is 10.1. The zero-order chi connectivity index (χ0) is 45.7. The van der Waals surface area contributed by atoms with E-state index in [4.69, 9.17) is 28.4 Å². The Morgan fingerprint density at radius 2 is 0.924 bits per heavy atom. The van der Waals surface area contributed by atoms with Crippen LogP contribution in [0.3, 0.4) is 0 Å². The summed E-state index contributed by atoms with van der Waals surface area (Å²) in [5.74, 6) is 6.60. The summed E-state index contributed by atoms with van der Waals surface area (Å²) in [5, 5.41) is 0. The van der Waals surface area contributed by atoms with Gasteiger partial charge in [-0.25, -0.2) is 0 Å². The quantitative estimate of drug-likeness (QED) is 0.122. The van der Waals surface area contributed by atoms with Gasteiger partial charge in [-0.15, -0.1) is 0 Å². The first-order chi connectivity index (χ1) is 32.0. The highest BCUT2D eigenvalue weighted by molar-refractivity contribution is 5.55. The normalized spacial score (nSPS) is 18.5. The molecule has 0 spiro atoms. The molecular weight excluding hydrogens is 817 g/mol. The molecule has 0 unspecified atom stereocenters. The summed E-state index contributed by atoms with van der Waals surface area (Å²) in [4.78, 5) is 0. The van der Waals surface area contributed by atoms with Gasteiger partial charge in [0.05, 0.1) is 13.2 Å². The maximum atomic E-state index is 6.42. The third-order valence-electron chi connectivity index (χ3n) is 13.7. The maximum Gasteiger partial charge on any atom is 0.129 e. The van der Waals surface area contributed by atoms with Gasteiger partial charge in [0.2, 0.25) is 0 Å². The van der Waals surface area contributed by atoms with E-state index >= 15 is 0 Å². The molecule has 6 aromatic rings. The van der Waals surface area contributed by atoms with Crippen LogP contribution in [0.4, 0.5) is 0 Å². The largest absolute Gasteiger partial charge is 0.492 e. The van der Waals surface area contributed by atoms with E-state index in [1.54, 1.807) is 0 Å². The third kappa shape index (κ3) is 10.5. The number of benzene rings is 6. The lowest BCUT2D eigenvalue weighted by Gasteiger charge is -2.36. The van der Waals surface area contributed by atoms with E-state index in [0.29, 0.717) is 26.4 Å². The topological polar surface area (TPSA) is 55.4 Å². The van der Waals surface area contributed by atoms with Crippen LogP contribution in [0.5, 0.6) is 34.5 Å². The predicted molar refractivity (Wildman–Crippen MR) is 265 cm³/mol. The zero-order valence-electron chi connectivity index (χ0n) is 40.1. The van der Waals surface area contributed by atoms with Crippen LogP contribution in [0, 0.1) is 0 Å². The molecule has 2 atom stereocenters. The molecule has 4 aliphatic rings. The van der Waals surface area contributed by atoms with Gasteiger partial charge in [-0.2, -0.15) is 0 Å². The van der Waals surface area contributed by atoms with E-state index in [1.165, 1.54) is 55.6 Å². The summed E-state index contributed by atoms with van der Waals surface area (Å²) >= 11 is 0. The van der Waals surface area contributed by atoms with Crippen LogP contribution >= 0.6 is 0 Å². The Morgan fingerprint density at radius 1 is 0.500 bits per heavy atom. The van der Waals surface area contributed by atoms with Crippen molar-refractivity contribution in [3.63, 3.8) is 0 Å². The highest BCUT2D eigenvalue weighted by Gasteiger charge is 2.34. The Labute approximate surface area is 393 Å². The molecule has 0 aromatic heterocycles. The molecule has 10 rings (SSSR count). The van der Waals surface area contributed by atoms with Crippen LogP contribution in [0.1, 0.15) is 135 Å². The standard InChI is InChI=1S/2C30H34O3/c2*1-4-8-21-11-13-25(28(17-21)31-19-22-9-6-5-7-10-22)24-18-23-12-14-27-26(29(23)32-20-24)15-16-30(2,3)33-27/h2*5-7,9-14,17,24H,4,8,15-16,18-20H2,1-3H3/t2*24-/m10/s1. The number of fused-ring (bicyclic) bond motifs is 6. The maximum absolute atomic E-state index is 6.42. The van der Waals surface area contributed by atoms with Crippen molar-refractivity contribution in [2.45, 2.75) is 142 Å². The Kier molecular flexibility index (Phi) is 13.7. The summed E-state index contributed by atoms with van der Waals surface area (Å²) in [6.45, 7) is 15.6. The van der Waals surface area contributed by atoms with Gasteiger partial charge >= 0.3 is 0 Å². The average molecular weight is 885 g/mol. The summed E-state index contributed by atoms with van der Waals surface area (Å²) in [6.07, 6.45) is 10.3. The lowest BCUT2D eigenvalue weighted by Crippen LogP contribution is -2.33. The molecule has 0 fully saturated rings. The molecule has 0 saturated carbocycles. The second-order valence-electron chi connectivity index (χ2n) is 20.0. The molecule has 6 heteroatoms. The lowest BCUT2D eigenvalue weighted by atomic mass is 9.86. The molecule has 0 saturated heterocycles. The van der Waals surface area contributed by atoms with Gasteiger partial charge in [0, 0.05) is 34.1 Å². The number of ether oxygens (including phenoxy) is 6. The van der Waals surface area contributed by atoms with Crippen LogP contribution in [-0.2, 0) is 51.7 Å². The molecule has 66 heavy (non-hydrogen) atoms. The van der Waals surface area contributed by atoms with Crippen molar-refractivity contribution in [1.29, 1.82) is 0 Å². The van der Waals surface area contributed by atoms with E-state index in [2.05, 4.69) is 151 Å². The van der Waals surface area contributed by atoms with Crippen LogP contribution in [0.15, 0.2) is 121 Å². The van der Waals surface area contributed by atoms with E-state index in [9.17, 15) is 0 Å². The Bertz CT molecular complexity index is 2410. The van der Waals surface area contributed by atoms with Crippen LogP contribution < -0.4 is 28.4 Å². The molecule has 0 radical (unpaired) electrons. The van der Waals surface area contributed by atoms with Gasteiger partial charge < -0.3 is 28.4 Å². The van der Waals surface area contributed by atoms with E-state index in [-0.39, 0.29) is 23.0 Å². The molecule has 4 aliphatic heterocycles. The molecular formula is C60H68O6. The number of hydrogen-bond donors (Lipinski definition) is 0. The van der Waals surface area contributed by atoms with Crippen molar-refractivity contribution in [3.05, 3.63) is 177 Å². The second-order valence-corrected chi connectivity index (χ2v) is 20.0. The van der Waals surface area contributed by atoms with E-state index in [1.807, 2.05) is 12.1 Å². The molecule has 0 aliphatic carbocycles. The second kappa shape index (κ2) is 19.9. The van der Waals surface area contributed by atoms with E-state index in [0.717, 1.165) is 98.7 Å². The Morgan fingerprint density at radius 3 is 1.33 bits per heavy atom. The van der Waals surface area contributed by atoms with Crippen molar-refractivity contribution in [3.8, 4) is 34.5 Å². The van der Waals surface area contributed by atoms with Gasteiger partial charge in [0.25, 0.3) is 0 Å². The molecule has 0 N–H and O–H groups in total. The van der Waals surface area contributed by atoms with Gasteiger partial charge in [-0.3, -0.25) is 0 Å². The first-order valence-electron chi connectivity index (χ1n) is 24.6. The molecule has 344 valence electrons. The molecule has 6 aromatic carbocycles. The fraction of sp³-hybridized carbons (Fsp3) is 0.400. The predicted octanol–water partition coefficient (Wildman–Crippen LogP) is 14.1. The van der Waals surface area contributed by atoms with Gasteiger partial charge in [0.15, 0.2) is 0 Å². The van der Waals surface area contributed by atoms with Gasteiger partial charge in [-0.05, 0) is 137 Å². The van der Waals surface area contributed by atoms with Gasteiger partial charge in [0.1, 0.15) is 58.9 Å². The lowest BCUT2D eigenvalue weighted by molar-refractivity contribution is 0.0822. The first-order valence-corrected chi connectivity index (χ1v) is 24.6. The summed E-state index contributed by atoms with van der Waals surface area (Å²) in [5.41, 5.74) is 12.3. The SMILES string of the molecule is CCCc1ccc([C@@H]2COc3c(ccc4c3CCC(C)(C)O4)C2)c(OCc2ccccc2)c1.CCCc1ccc([C@H]2COc3c(ccc4c3CCC(C)(C)O4)C2)c(OCc2ccccc2)c1. The molecule has 4 heterocycles. The van der Waals surface area contributed by atoms with Gasteiger partial charge in [-0.1, -0.05) is 124 Å². The summed E-state index contributed by atoms with van der Waals surface area (Å²) in [6, 6.07) is 42.9. The van der Waals surface area contributed by atoms with Crippen molar-refractivity contribution >= 4 is 0 Å². The number of rotatable bonds is 12. The van der Waals surface area contributed by atoms with Crippen molar-refractivity contribution < 1.29 is 28.4 Å². The minimum Gasteiger partial charge on any atom is -0.492 e. The molecule has 6 nitrogen and oxygen atoms in total. The van der Waals surface area contributed by atoms with Crippen LogP contribution in [0.25, 0.3) is 0 Å². The number of aryl methyl sites for hydroxylation is 2. The fourth-order valence-electron chi connectivity index (χ4n) is 10.1. The molecule has 0 amide bonds. The summed E-state index contributed by atoms with van der Waals surface area (Å²) in [7, 11) is 0. The van der Waals surface area contributed by atoms with Crippen molar-refractivity contribution in [2.75, 3.05) is 13.2 Å². The van der Waals surface area contributed by atoms with Crippen LogP contribution in [-0.4, -0.2) is 24.4 Å². The van der Waals surface area contributed by atoms with Crippen molar-refractivity contribution in [1.82, 2.24) is 0 Å². The smallest absolute Gasteiger partial charge is 0.129 e. The molecule has 0 bridgehead atoms. The monoisotopic (exact) mass is 885 g/mol. The Hall–Kier alpha value is -5.88. The third-order valence-corrected chi connectivity index (χ3v) is 13.7. The number of hydrogen-bond acceptors (Lipinski definition) is 6. The zero-order valence-corrected chi connectivity index (χ0v) is 40.1. The average Bonchev–Trinajstić information content (AvgIpc) is 3.32. The first kappa shape index (κ1) is 45.3. The highest BCUT2D eigenvalue weighted by Crippen LogP contribution is 2.47. The minimum atomic E-state index is -0.107. The highest BCUT2D eigenvalue weighted by atomic mass is 16.5.